The Morgan fingerprint density at radius 2 is 1.44 bits per heavy atom. The Bertz CT molecular complexity index is 1570. The molecule has 0 aliphatic carbocycles. The molecule has 0 spiro atoms. The number of benzene rings is 3. The number of imide groups is 1. The predicted octanol–water partition coefficient (Wildman–Crippen LogP) is 7.10. The van der Waals surface area contributed by atoms with Crippen LogP contribution in [0.15, 0.2) is 72.8 Å². The largest absolute Gasteiger partial charge is 0.443 e. The average molecular weight is 627 g/mol. The second kappa shape index (κ2) is 11.9. The Morgan fingerprint density at radius 1 is 0.837 bits per heavy atom. The van der Waals surface area contributed by atoms with Crippen molar-refractivity contribution in [1.29, 1.82) is 0 Å². The fourth-order valence-electron chi connectivity index (χ4n) is 4.75. The van der Waals surface area contributed by atoms with Crippen molar-refractivity contribution in [3.63, 3.8) is 0 Å². The average Bonchev–Trinajstić information content (AvgIpc) is 2.91. The third kappa shape index (κ3) is 6.63. The van der Waals surface area contributed by atoms with Crippen LogP contribution in [0.2, 0.25) is 10.0 Å². The first-order valence-corrected chi connectivity index (χ1v) is 14.3. The topological polar surface area (TPSA) is 105 Å². The number of amides is 4. The quantitative estimate of drug-likeness (QED) is 0.245. The highest BCUT2D eigenvalue weighted by Gasteiger charge is 2.59. The predicted molar refractivity (Wildman–Crippen MR) is 162 cm³/mol. The van der Waals surface area contributed by atoms with Crippen LogP contribution in [0, 0.1) is 0 Å². The molecule has 43 heavy (non-hydrogen) atoms. The lowest BCUT2D eigenvalue weighted by Crippen LogP contribution is -2.68. The summed E-state index contributed by atoms with van der Waals surface area (Å²) < 4.78 is 11.2. The highest BCUT2D eigenvalue weighted by Crippen LogP contribution is 2.45. The molecule has 9 nitrogen and oxygen atoms in total. The van der Waals surface area contributed by atoms with Gasteiger partial charge in [0.2, 0.25) is 0 Å². The van der Waals surface area contributed by atoms with E-state index in [2.05, 4.69) is 5.43 Å². The molecule has 1 aliphatic heterocycles. The summed E-state index contributed by atoms with van der Waals surface area (Å²) in [6, 6.07) is 19.7. The van der Waals surface area contributed by atoms with Gasteiger partial charge >= 0.3 is 12.2 Å². The van der Waals surface area contributed by atoms with Crippen molar-refractivity contribution in [3.8, 4) is 0 Å². The highest BCUT2D eigenvalue weighted by atomic mass is 35.5. The summed E-state index contributed by atoms with van der Waals surface area (Å²) in [5.41, 5.74) is -0.654. The number of ether oxygens (including phenoxy) is 2. The van der Waals surface area contributed by atoms with E-state index >= 15 is 0 Å². The van der Waals surface area contributed by atoms with Crippen molar-refractivity contribution >= 4 is 47.2 Å². The van der Waals surface area contributed by atoms with Crippen molar-refractivity contribution in [1.82, 2.24) is 15.3 Å². The monoisotopic (exact) mass is 625 g/mol. The summed E-state index contributed by atoms with van der Waals surface area (Å²) in [4.78, 5) is 57.4. The van der Waals surface area contributed by atoms with Crippen LogP contribution in [0.25, 0.3) is 0 Å². The summed E-state index contributed by atoms with van der Waals surface area (Å²) in [6.45, 7) is 9.77. The van der Waals surface area contributed by atoms with Gasteiger partial charge < -0.3 is 9.47 Å². The summed E-state index contributed by atoms with van der Waals surface area (Å²) in [5.74, 6) is -1.41. The van der Waals surface area contributed by atoms with Crippen molar-refractivity contribution in [2.75, 3.05) is 0 Å². The van der Waals surface area contributed by atoms with E-state index in [1.165, 1.54) is 18.2 Å². The number of hydrazine groups is 1. The molecule has 1 heterocycles. The Kier molecular flexibility index (Phi) is 8.81. The van der Waals surface area contributed by atoms with Crippen molar-refractivity contribution in [2.24, 2.45) is 0 Å². The van der Waals surface area contributed by atoms with Gasteiger partial charge in [0.25, 0.3) is 11.8 Å². The molecule has 0 radical (unpaired) electrons. The minimum absolute atomic E-state index is 0.0803. The summed E-state index contributed by atoms with van der Waals surface area (Å²) in [7, 11) is 0. The Balaban J connectivity index is 2.07. The summed E-state index contributed by atoms with van der Waals surface area (Å²) >= 11 is 12.7. The van der Waals surface area contributed by atoms with Gasteiger partial charge in [-0.25, -0.2) is 15.0 Å². The number of hydrogen-bond donors (Lipinski definition) is 1. The normalized spacial score (nSPS) is 16.8. The zero-order valence-corrected chi connectivity index (χ0v) is 26.2. The minimum Gasteiger partial charge on any atom is -0.443 e. The van der Waals surface area contributed by atoms with Gasteiger partial charge in [0.05, 0.1) is 16.6 Å². The van der Waals surface area contributed by atoms with Gasteiger partial charge in [-0.05, 0) is 70.9 Å². The lowest BCUT2D eigenvalue weighted by molar-refractivity contribution is -0.143. The SMILES string of the molecule is CC(C)(C)OC(=O)NN(C(=O)OC(C)(C)C)[C@]1(c2ccc(Cl)c(Cl)c2)C(=O)N(Cc2ccccc2)C(=O)c2ccccc21. The molecule has 226 valence electrons. The maximum Gasteiger partial charge on any atom is 0.431 e. The van der Waals surface area contributed by atoms with E-state index in [0.717, 1.165) is 9.91 Å². The summed E-state index contributed by atoms with van der Waals surface area (Å²) in [6.07, 6.45) is -2.11. The molecule has 0 saturated carbocycles. The number of carbonyl (C=O) groups excluding carboxylic acids is 4. The molecule has 4 rings (SSSR count). The van der Waals surface area contributed by atoms with Crippen LogP contribution in [0.3, 0.4) is 0 Å². The van der Waals surface area contributed by atoms with Gasteiger partial charge in [-0.1, -0.05) is 77.8 Å². The molecule has 3 aromatic rings. The number of fused-ring (bicyclic) bond motifs is 1. The maximum absolute atomic E-state index is 15.0. The Morgan fingerprint density at radius 3 is 2.05 bits per heavy atom. The fraction of sp³-hybridized carbons (Fsp3) is 0.312. The second-order valence-corrected chi connectivity index (χ2v) is 12.8. The number of halogens is 2. The van der Waals surface area contributed by atoms with Crippen LogP contribution in [0.1, 0.15) is 68.6 Å². The number of hydrogen-bond acceptors (Lipinski definition) is 6. The number of nitrogens with zero attached hydrogens (tertiary/aromatic N) is 2. The molecule has 4 amide bonds. The number of rotatable bonds is 4. The van der Waals surface area contributed by atoms with Crippen molar-refractivity contribution in [3.05, 3.63) is 105 Å². The molecule has 1 atom stereocenters. The molecule has 3 aromatic carbocycles. The lowest BCUT2D eigenvalue weighted by Gasteiger charge is -2.47. The van der Waals surface area contributed by atoms with Crippen LogP contribution in [-0.4, -0.2) is 45.1 Å². The van der Waals surface area contributed by atoms with Gasteiger partial charge in [-0.2, -0.15) is 5.01 Å². The molecule has 1 N–H and O–H groups in total. The molecule has 0 bridgehead atoms. The molecule has 1 aliphatic rings. The molecule has 0 unspecified atom stereocenters. The van der Waals surface area contributed by atoms with E-state index in [1.54, 1.807) is 90.1 Å². The Hall–Kier alpha value is -4.08. The Labute approximate surface area is 260 Å². The van der Waals surface area contributed by atoms with Gasteiger partial charge in [0.15, 0.2) is 5.54 Å². The van der Waals surface area contributed by atoms with Gasteiger partial charge in [-0.3, -0.25) is 14.5 Å². The van der Waals surface area contributed by atoms with Gasteiger partial charge in [0, 0.05) is 11.1 Å². The molecule has 11 heteroatoms. The number of carbonyl (C=O) groups is 4. The minimum atomic E-state index is -2.19. The third-order valence-electron chi connectivity index (χ3n) is 6.38. The maximum atomic E-state index is 15.0. The zero-order valence-electron chi connectivity index (χ0n) is 24.7. The first-order chi connectivity index (χ1) is 20.0. The van der Waals surface area contributed by atoms with Crippen LogP contribution in [0.4, 0.5) is 9.59 Å². The van der Waals surface area contributed by atoms with Gasteiger partial charge in [0.1, 0.15) is 11.2 Å². The van der Waals surface area contributed by atoms with E-state index in [4.69, 9.17) is 32.7 Å². The van der Waals surface area contributed by atoms with Crippen LogP contribution in [-0.2, 0) is 26.4 Å². The molecular weight excluding hydrogens is 593 g/mol. The van der Waals surface area contributed by atoms with Gasteiger partial charge in [-0.15, -0.1) is 0 Å². The van der Waals surface area contributed by atoms with Crippen LogP contribution in [0.5, 0.6) is 0 Å². The standard InChI is InChI=1S/C32H33Cl2N3O6/c1-30(2,3)42-28(40)35-37(29(41)43-31(4,5)6)32(21-16-17-24(33)25(34)18-21)23-15-11-10-14-22(23)26(38)36(27(32)39)19-20-12-8-7-9-13-20/h7-18H,19H2,1-6H3,(H,35,40)/t32-/m0/s1. The highest BCUT2D eigenvalue weighted by molar-refractivity contribution is 6.42. The first kappa shape index (κ1) is 31.8. The van der Waals surface area contributed by atoms with E-state index in [-0.39, 0.29) is 33.3 Å². The molecular formula is C32H33Cl2N3O6. The third-order valence-corrected chi connectivity index (χ3v) is 7.12. The lowest BCUT2D eigenvalue weighted by atomic mass is 9.75. The van der Waals surface area contributed by atoms with E-state index in [9.17, 15) is 19.2 Å². The van der Waals surface area contributed by atoms with E-state index in [0.29, 0.717) is 5.56 Å². The van der Waals surface area contributed by atoms with Crippen LogP contribution < -0.4 is 5.43 Å². The second-order valence-electron chi connectivity index (χ2n) is 12.0. The van der Waals surface area contributed by atoms with Crippen LogP contribution >= 0.6 is 23.2 Å². The molecule has 0 fully saturated rings. The van der Waals surface area contributed by atoms with Crippen molar-refractivity contribution < 1.29 is 28.7 Å². The van der Waals surface area contributed by atoms with Crippen molar-refractivity contribution in [2.45, 2.75) is 64.8 Å². The summed E-state index contributed by atoms with van der Waals surface area (Å²) in [5, 5.41) is 1.05. The smallest absolute Gasteiger partial charge is 0.431 e. The fourth-order valence-corrected chi connectivity index (χ4v) is 5.05. The van der Waals surface area contributed by atoms with E-state index in [1.807, 2.05) is 6.07 Å². The zero-order chi connectivity index (χ0) is 31.7. The molecule has 0 aromatic heterocycles. The molecule has 0 saturated heterocycles. The first-order valence-electron chi connectivity index (χ1n) is 13.5. The number of nitrogens with one attached hydrogen (secondary N) is 1. The van der Waals surface area contributed by atoms with E-state index < -0.39 is 40.7 Å².